The third-order valence-corrected chi connectivity index (χ3v) is 3.32. The Balaban J connectivity index is 2.58. The minimum Gasteiger partial charge on any atom is -0.449 e. The first-order valence-corrected chi connectivity index (χ1v) is 7.26. The van der Waals surface area contributed by atoms with Crippen LogP contribution in [-0.4, -0.2) is 24.5 Å². The number of halogens is 1. The van der Waals surface area contributed by atoms with Gasteiger partial charge in [0.2, 0.25) is 0 Å². The number of hydrogen-bond donors (Lipinski definition) is 1. The molecule has 1 rings (SSSR count). The second-order valence-corrected chi connectivity index (χ2v) is 5.33. The summed E-state index contributed by atoms with van der Waals surface area (Å²) in [4.78, 5) is 23.2. The molecule has 5 heteroatoms. The first kappa shape index (κ1) is 17.2. The standard InChI is InChI=1S/C16H18BrNO3/c1-4-9-18-16(20)12(3)21-15(19)8-7-13-6-5-11(2)10-14(13)17/h4-8,10,12H,1,9H2,2-3H3,(H,18,20)/b8-7+/t12-/m0/s1. The third kappa shape index (κ3) is 5.95. The van der Waals surface area contributed by atoms with E-state index in [2.05, 4.69) is 27.8 Å². The minimum absolute atomic E-state index is 0.340. The van der Waals surface area contributed by atoms with Crippen molar-refractivity contribution < 1.29 is 14.3 Å². The number of rotatable bonds is 6. The van der Waals surface area contributed by atoms with Crippen LogP contribution in [0.25, 0.3) is 6.08 Å². The van der Waals surface area contributed by atoms with Gasteiger partial charge in [0, 0.05) is 17.1 Å². The maximum Gasteiger partial charge on any atom is 0.331 e. The van der Waals surface area contributed by atoms with Crippen LogP contribution in [0.4, 0.5) is 0 Å². The van der Waals surface area contributed by atoms with E-state index >= 15 is 0 Å². The molecule has 112 valence electrons. The van der Waals surface area contributed by atoms with E-state index in [-0.39, 0.29) is 5.91 Å². The monoisotopic (exact) mass is 351 g/mol. The Hall–Kier alpha value is -1.88. The van der Waals surface area contributed by atoms with Crippen LogP contribution in [0.15, 0.2) is 41.4 Å². The van der Waals surface area contributed by atoms with E-state index in [1.807, 2.05) is 25.1 Å². The van der Waals surface area contributed by atoms with Crippen molar-refractivity contribution in [1.29, 1.82) is 0 Å². The van der Waals surface area contributed by atoms with Crippen LogP contribution in [-0.2, 0) is 14.3 Å². The molecule has 1 N–H and O–H groups in total. The molecule has 0 spiro atoms. The molecule has 0 fully saturated rings. The quantitative estimate of drug-likeness (QED) is 0.487. The van der Waals surface area contributed by atoms with Crippen LogP contribution >= 0.6 is 15.9 Å². The smallest absolute Gasteiger partial charge is 0.331 e. The lowest BCUT2D eigenvalue weighted by Crippen LogP contribution is -2.35. The molecule has 0 aliphatic heterocycles. The maximum atomic E-state index is 11.7. The van der Waals surface area contributed by atoms with Crippen LogP contribution in [0, 0.1) is 6.92 Å². The van der Waals surface area contributed by atoms with Gasteiger partial charge in [-0.05, 0) is 37.1 Å². The van der Waals surface area contributed by atoms with Crippen molar-refractivity contribution in [3.8, 4) is 0 Å². The summed E-state index contributed by atoms with van der Waals surface area (Å²) in [6.07, 6.45) is 3.65. The molecule has 1 aromatic rings. The van der Waals surface area contributed by atoms with Gasteiger partial charge in [-0.15, -0.1) is 6.58 Å². The van der Waals surface area contributed by atoms with Gasteiger partial charge in [0.25, 0.3) is 5.91 Å². The molecule has 0 saturated heterocycles. The topological polar surface area (TPSA) is 55.4 Å². The molecule has 21 heavy (non-hydrogen) atoms. The average molecular weight is 352 g/mol. The molecule has 1 atom stereocenters. The predicted octanol–water partition coefficient (Wildman–Crippen LogP) is 3.00. The summed E-state index contributed by atoms with van der Waals surface area (Å²) in [5.74, 6) is -0.920. The lowest BCUT2D eigenvalue weighted by atomic mass is 10.1. The summed E-state index contributed by atoms with van der Waals surface area (Å²) in [6.45, 7) is 7.33. The molecule has 0 saturated carbocycles. The maximum absolute atomic E-state index is 11.7. The number of benzene rings is 1. The van der Waals surface area contributed by atoms with E-state index in [4.69, 9.17) is 4.74 Å². The van der Waals surface area contributed by atoms with Crippen molar-refractivity contribution in [3.05, 3.63) is 52.5 Å². The second kappa shape index (κ2) is 8.42. The number of nitrogens with one attached hydrogen (secondary N) is 1. The van der Waals surface area contributed by atoms with Gasteiger partial charge in [0.1, 0.15) is 0 Å². The Morgan fingerprint density at radius 2 is 2.19 bits per heavy atom. The molecule has 1 amide bonds. The van der Waals surface area contributed by atoms with Gasteiger partial charge in [-0.2, -0.15) is 0 Å². The Morgan fingerprint density at radius 3 is 2.81 bits per heavy atom. The van der Waals surface area contributed by atoms with Gasteiger partial charge in [0.15, 0.2) is 6.10 Å². The first-order chi connectivity index (χ1) is 9.93. The Kier molecular flexibility index (Phi) is 6.88. The largest absolute Gasteiger partial charge is 0.449 e. The number of carbonyl (C=O) groups is 2. The molecule has 1 aromatic carbocycles. The number of carbonyl (C=O) groups excluding carboxylic acids is 2. The summed E-state index contributed by atoms with van der Waals surface area (Å²) in [5, 5.41) is 2.56. The highest BCUT2D eigenvalue weighted by atomic mass is 79.9. The highest BCUT2D eigenvalue weighted by molar-refractivity contribution is 9.10. The van der Waals surface area contributed by atoms with Crippen molar-refractivity contribution in [3.63, 3.8) is 0 Å². The van der Waals surface area contributed by atoms with E-state index in [9.17, 15) is 9.59 Å². The molecule has 0 radical (unpaired) electrons. The number of hydrogen-bond acceptors (Lipinski definition) is 3. The van der Waals surface area contributed by atoms with Crippen LogP contribution in [0.3, 0.4) is 0 Å². The third-order valence-electron chi connectivity index (χ3n) is 2.64. The predicted molar refractivity (Wildman–Crippen MR) is 86.7 cm³/mol. The fourth-order valence-corrected chi connectivity index (χ4v) is 2.13. The Labute approximate surface area is 133 Å². The summed E-state index contributed by atoms with van der Waals surface area (Å²) < 4.78 is 5.90. The summed E-state index contributed by atoms with van der Waals surface area (Å²) >= 11 is 3.42. The first-order valence-electron chi connectivity index (χ1n) is 6.47. The van der Waals surface area contributed by atoms with E-state index in [1.54, 1.807) is 12.2 Å². The van der Waals surface area contributed by atoms with Crippen LogP contribution in [0.1, 0.15) is 18.1 Å². The van der Waals surface area contributed by atoms with Crippen LogP contribution in [0.5, 0.6) is 0 Å². The lowest BCUT2D eigenvalue weighted by molar-refractivity contribution is -0.150. The SMILES string of the molecule is C=CCNC(=O)[C@H](C)OC(=O)/C=C/c1ccc(C)cc1Br. The van der Waals surface area contributed by atoms with Crippen LogP contribution in [0.2, 0.25) is 0 Å². The highest BCUT2D eigenvalue weighted by Crippen LogP contribution is 2.19. The molecular formula is C16H18BrNO3. The molecule has 0 heterocycles. The Bertz CT molecular complexity index is 567. The van der Waals surface area contributed by atoms with E-state index < -0.39 is 12.1 Å². The van der Waals surface area contributed by atoms with Crippen molar-refractivity contribution >= 4 is 33.9 Å². The highest BCUT2D eigenvalue weighted by Gasteiger charge is 2.15. The van der Waals surface area contributed by atoms with E-state index in [0.29, 0.717) is 6.54 Å². The van der Waals surface area contributed by atoms with Crippen LogP contribution < -0.4 is 5.32 Å². The lowest BCUT2D eigenvalue weighted by Gasteiger charge is -2.11. The molecule has 0 unspecified atom stereocenters. The molecule has 0 aliphatic rings. The van der Waals surface area contributed by atoms with Gasteiger partial charge < -0.3 is 10.1 Å². The Morgan fingerprint density at radius 1 is 1.48 bits per heavy atom. The normalized spacial score (nSPS) is 12.0. The van der Waals surface area contributed by atoms with Crippen molar-refractivity contribution in [2.75, 3.05) is 6.54 Å². The molecule has 4 nitrogen and oxygen atoms in total. The minimum atomic E-state index is -0.844. The van der Waals surface area contributed by atoms with Gasteiger partial charge in [-0.3, -0.25) is 4.79 Å². The van der Waals surface area contributed by atoms with E-state index in [0.717, 1.165) is 15.6 Å². The summed E-state index contributed by atoms with van der Waals surface area (Å²) in [7, 11) is 0. The zero-order chi connectivity index (χ0) is 15.8. The zero-order valence-electron chi connectivity index (χ0n) is 12.1. The molecule has 0 aromatic heterocycles. The van der Waals surface area contributed by atoms with Crippen molar-refractivity contribution in [2.45, 2.75) is 20.0 Å². The summed E-state index contributed by atoms with van der Waals surface area (Å²) in [6, 6.07) is 5.79. The van der Waals surface area contributed by atoms with E-state index in [1.165, 1.54) is 13.0 Å². The second-order valence-electron chi connectivity index (χ2n) is 4.47. The van der Waals surface area contributed by atoms with Crippen molar-refractivity contribution in [1.82, 2.24) is 5.32 Å². The van der Waals surface area contributed by atoms with Gasteiger partial charge in [-0.25, -0.2) is 4.79 Å². The number of ether oxygens (including phenoxy) is 1. The molecule has 0 bridgehead atoms. The number of amides is 1. The van der Waals surface area contributed by atoms with Gasteiger partial charge in [0.05, 0.1) is 0 Å². The summed E-state index contributed by atoms with van der Waals surface area (Å²) in [5.41, 5.74) is 1.98. The number of esters is 1. The van der Waals surface area contributed by atoms with Gasteiger partial charge >= 0.3 is 5.97 Å². The fraction of sp³-hybridized carbons (Fsp3) is 0.250. The fourth-order valence-electron chi connectivity index (χ4n) is 1.51. The average Bonchev–Trinajstić information content (AvgIpc) is 2.43. The zero-order valence-corrected chi connectivity index (χ0v) is 13.6. The van der Waals surface area contributed by atoms with Gasteiger partial charge in [-0.1, -0.05) is 34.1 Å². The number of aryl methyl sites for hydroxylation is 1. The molecule has 0 aliphatic carbocycles. The molecular weight excluding hydrogens is 334 g/mol. The van der Waals surface area contributed by atoms with Crippen molar-refractivity contribution in [2.24, 2.45) is 0 Å².